The molecular formula is C20H20ClFN2O2. The number of hydrogen-bond acceptors (Lipinski definition) is 2. The maximum atomic E-state index is 12.9. The maximum Gasteiger partial charge on any atom is 0.235 e. The summed E-state index contributed by atoms with van der Waals surface area (Å²) < 4.78 is 12.9. The minimum absolute atomic E-state index is 0.253. The van der Waals surface area contributed by atoms with Crippen molar-refractivity contribution in [1.82, 2.24) is 10.6 Å². The molecule has 2 amide bonds. The molecule has 1 aliphatic rings. The predicted molar refractivity (Wildman–Crippen MR) is 98.1 cm³/mol. The molecule has 26 heavy (non-hydrogen) atoms. The van der Waals surface area contributed by atoms with E-state index in [1.54, 1.807) is 18.2 Å². The van der Waals surface area contributed by atoms with Crippen molar-refractivity contribution in [2.24, 2.45) is 5.41 Å². The highest BCUT2D eigenvalue weighted by molar-refractivity contribution is 6.31. The van der Waals surface area contributed by atoms with Crippen LogP contribution < -0.4 is 10.6 Å². The Morgan fingerprint density at radius 2 is 1.65 bits per heavy atom. The molecule has 0 unspecified atom stereocenters. The Balaban J connectivity index is 1.49. The van der Waals surface area contributed by atoms with E-state index in [1.807, 2.05) is 18.2 Å². The van der Waals surface area contributed by atoms with Crippen molar-refractivity contribution in [3.05, 3.63) is 70.5 Å². The SMILES string of the molecule is O=C(NCCc1ccc(F)cc1)C1(C(=O)NCc2ccccc2Cl)CC1. The fraction of sp³-hybridized carbons (Fsp3) is 0.300. The summed E-state index contributed by atoms with van der Waals surface area (Å²) in [5.74, 6) is -0.808. The topological polar surface area (TPSA) is 58.2 Å². The van der Waals surface area contributed by atoms with Gasteiger partial charge in [-0.15, -0.1) is 0 Å². The van der Waals surface area contributed by atoms with Gasteiger partial charge in [0.15, 0.2) is 0 Å². The summed E-state index contributed by atoms with van der Waals surface area (Å²) in [6, 6.07) is 13.4. The third-order valence-electron chi connectivity index (χ3n) is 4.63. The van der Waals surface area contributed by atoms with E-state index in [2.05, 4.69) is 10.6 Å². The highest BCUT2D eigenvalue weighted by Gasteiger charge is 2.56. The first-order chi connectivity index (χ1) is 12.5. The lowest BCUT2D eigenvalue weighted by atomic mass is 10.0. The second-order valence-corrected chi connectivity index (χ2v) is 6.90. The monoisotopic (exact) mass is 374 g/mol. The van der Waals surface area contributed by atoms with Crippen LogP contribution in [-0.2, 0) is 22.6 Å². The standard InChI is InChI=1S/C20H20ClFN2O2/c21-17-4-2-1-3-15(17)13-24-19(26)20(10-11-20)18(25)23-12-9-14-5-7-16(22)8-6-14/h1-8H,9-13H2,(H,23,25)(H,24,26). The molecule has 0 saturated heterocycles. The minimum atomic E-state index is -0.968. The zero-order chi connectivity index (χ0) is 18.6. The highest BCUT2D eigenvalue weighted by Crippen LogP contribution is 2.46. The van der Waals surface area contributed by atoms with Gasteiger partial charge in [-0.05, 0) is 48.6 Å². The van der Waals surface area contributed by atoms with Gasteiger partial charge in [-0.3, -0.25) is 9.59 Å². The van der Waals surface area contributed by atoms with Crippen molar-refractivity contribution in [2.45, 2.75) is 25.8 Å². The molecule has 0 spiro atoms. The van der Waals surface area contributed by atoms with Crippen LogP contribution in [0.4, 0.5) is 4.39 Å². The first-order valence-electron chi connectivity index (χ1n) is 8.56. The van der Waals surface area contributed by atoms with Crippen LogP contribution in [-0.4, -0.2) is 18.4 Å². The molecule has 136 valence electrons. The molecule has 4 nitrogen and oxygen atoms in total. The zero-order valence-electron chi connectivity index (χ0n) is 14.2. The fourth-order valence-corrected chi connectivity index (χ4v) is 3.01. The number of nitrogens with one attached hydrogen (secondary N) is 2. The lowest BCUT2D eigenvalue weighted by Crippen LogP contribution is -2.43. The van der Waals surface area contributed by atoms with Crippen LogP contribution in [0.1, 0.15) is 24.0 Å². The summed E-state index contributed by atoms with van der Waals surface area (Å²) in [6.07, 6.45) is 1.68. The third kappa shape index (κ3) is 4.22. The maximum absolute atomic E-state index is 12.9. The Hall–Kier alpha value is -2.40. The molecule has 6 heteroatoms. The van der Waals surface area contributed by atoms with Gasteiger partial charge in [0.25, 0.3) is 0 Å². The first-order valence-corrected chi connectivity index (χ1v) is 8.93. The summed E-state index contributed by atoms with van der Waals surface area (Å²) in [6.45, 7) is 0.702. The van der Waals surface area contributed by atoms with Crippen molar-refractivity contribution < 1.29 is 14.0 Å². The minimum Gasteiger partial charge on any atom is -0.355 e. The van der Waals surface area contributed by atoms with Crippen LogP contribution in [0.2, 0.25) is 5.02 Å². The molecule has 2 aromatic carbocycles. The van der Waals surface area contributed by atoms with Crippen LogP contribution in [0.5, 0.6) is 0 Å². The van der Waals surface area contributed by atoms with Crippen LogP contribution in [0, 0.1) is 11.2 Å². The molecule has 2 N–H and O–H groups in total. The van der Waals surface area contributed by atoms with Crippen molar-refractivity contribution in [3.8, 4) is 0 Å². The summed E-state index contributed by atoms with van der Waals surface area (Å²) in [5.41, 5.74) is 0.777. The van der Waals surface area contributed by atoms with E-state index in [-0.39, 0.29) is 17.6 Å². The third-order valence-corrected chi connectivity index (χ3v) is 5.00. The van der Waals surface area contributed by atoms with E-state index >= 15 is 0 Å². The molecule has 3 rings (SSSR count). The summed E-state index contributed by atoms with van der Waals surface area (Å²) in [5, 5.41) is 6.22. The van der Waals surface area contributed by atoms with Gasteiger partial charge in [0, 0.05) is 18.1 Å². The van der Waals surface area contributed by atoms with Crippen LogP contribution in [0.25, 0.3) is 0 Å². The van der Waals surface area contributed by atoms with Crippen molar-refractivity contribution in [1.29, 1.82) is 0 Å². The molecule has 1 saturated carbocycles. The molecule has 0 aromatic heterocycles. The molecule has 0 atom stereocenters. The second-order valence-electron chi connectivity index (χ2n) is 6.49. The molecule has 0 aliphatic heterocycles. The lowest BCUT2D eigenvalue weighted by Gasteiger charge is -2.16. The Kier molecular flexibility index (Phi) is 5.57. The van der Waals surface area contributed by atoms with Crippen molar-refractivity contribution in [3.63, 3.8) is 0 Å². The summed E-state index contributed by atoms with van der Waals surface area (Å²) in [4.78, 5) is 24.9. The summed E-state index contributed by atoms with van der Waals surface area (Å²) in [7, 11) is 0. The Morgan fingerprint density at radius 1 is 1.00 bits per heavy atom. The average molecular weight is 375 g/mol. The van der Waals surface area contributed by atoms with Gasteiger partial charge in [-0.1, -0.05) is 41.9 Å². The number of halogens is 2. The van der Waals surface area contributed by atoms with Crippen LogP contribution >= 0.6 is 11.6 Å². The quantitative estimate of drug-likeness (QED) is 0.731. The second kappa shape index (κ2) is 7.87. The molecule has 1 fully saturated rings. The molecule has 1 aliphatic carbocycles. The van der Waals surface area contributed by atoms with Gasteiger partial charge in [0.1, 0.15) is 11.2 Å². The van der Waals surface area contributed by atoms with Gasteiger partial charge in [0.05, 0.1) is 0 Å². The lowest BCUT2D eigenvalue weighted by molar-refractivity contribution is -0.137. The molecular weight excluding hydrogens is 355 g/mol. The molecule has 2 aromatic rings. The van der Waals surface area contributed by atoms with Gasteiger partial charge >= 0.3 is 0 Å². The molecule has 0 bridgehead atoms. The first kappa shape index (κ1) is 18.4. The van der Waals surface area contributed by atoms with Gasteiger partial charge < -0.3 is 10.6 Å². The predicted octanol–water partition coefficient (Wildman–Crippen LogP) is 3.23. The largest absolute Gasteiger partial charge is 0.355 e. The van der Waals surface area contributed by atoms with E-state index in [4.69, 9.17) is 11.6 Å². The van der Waals surface area contributed by atoms with Crippen molar-refractivity contribution in [2.75, 3.05) is 6.54 Å². The Bertz CT molecular complexity index is 804. The fourth-order valence-electron chi connectivity index (χ4n) is 2.81. The smallest absolute Gasteiger partial charge is 0.235 e. The van der Waals surface area contributed by atoms with Gasteiger partial charge in [0.2, 0.25) is 11.8 Å². The number of carbonyl (C=O) groups excluding carboxylic acids is 2. The highest BCUT2D eigenvalue weighted by atomic mass is 35.5. The molecule has 0 radical (unpaired) electrons. The average Bonchev–Trinajstić information content (AvgIpc) is 3.44. The van der Waals surface area contributed by atoms with Gasteiger partial charge in [-0.25, -0.2) is 4.39 Å². The number of carbonyl (C=O) groups is 2. The number of hydrogen-bond donors (Lipinski definition) is 2. The van der Waals surface area contributed by atoms with E-state index in [0.717, 1.165) is 11.1 Å². The Morgan fingerprint density at radius 3 is 2.31 bits per heavy atom. The van der Waals surface area contributed by atoms with E-state index in [9.17, 15) is 14.0 Å². The summed E-state index contributed by atoms with van der Waals surface area (Å²) >= 11 is 6.08. The number of amides is 2. The number of benzene rings is 2. The van der Waals surface area contributed by atoms with Crippen LogP contribution in [0.15, 0.2) is 48.5 Å². The van der Waals surface area contributed by atoms with Gasteiger partial charge in [-0.2, -0.15) is 0 Å². The van der Waals surface area contributed by atoms with Crippen LogP contribution in [0.3, 0.4) is 0 Å². The molecule has 0 heterocycles. The Labute approximate surface area is 156 Å². The zero-order valence-corrected chi connectivity index (χ0v) is 15.0. The van der Waals surface area contributed by atoms with E-state index < -0.39 is 5.41 Å². The normalized spacial score (nSPS) is 14.5. The van der Waals surface area contributed by atoms with Crippen molar-refractivity contribution >= 4 is 23.4 Å². The van der Waals surface area contributed by atoms with E-state index in [1.165, 1.54) is 12.1 Å². The van der Waals surface area contributed by atoms with E-state index in [0.29, 0.717) is 37.4 Å². The number of rotatable bonds is 7.